The van der Waals surface area contributed by atoms with Crippen molar-refractivity contribution >= 4 is 23.2 Å². The van der Waals surface area contributed by atoms with Crippen molar-refractivity contribution < 1.29 is 9.59 Å². The zero-order valence-corrected chi connectivity index (χ0v) is 16.2. The Kier molecular flexibility index (Phi) is 4.16. The van der Waals surface area contributed by atoms with Crippen LogP contribution in [0.5, 0.6) is 0 Å². The van der Waals surface area contributed by atoms with Crippen LogP contribution in [0.1, 0.15) is 38.9 Å². The zero-order valence-electron chi connectivity index (χ0n) is 16.2. The average Bonchev–Trinajstić information content (AvgIpc) is 3.33. The van der Waals surface area contributed by atoms with E-state index in [9.17, 15) is 9.59 Å². The largest absolute Gasteiger partial charge is 0.306 e. The maximum absolute atomic E-state index is 13.3. The summed E-state index contributed by atoms with van der Waals surface area (Å²) >= 11 is 0. The van der Waals surface area contributed by atoms with Gasteiger partial charge in [0, 0.05) is 35.7 Å². The first-order valence-corrected chi connectivity index (χ1v) is 9.91. The van der Waals surface area contributed by atoms with E-state index in [0.29, 0.717) is 17.8 Å². The van der Waals surface area contributed by atoms with Gasteiger partial charge in [0.1, 0.15) is 5.69 Å². The minimum absolute atomic E-state index is 0.0812. The molecule has 0 saturated heterocycles. The SMILES string of the molecule is CC1Cc2ccccc2N1C(=O)c1ccnc(C(=O)N2CCc3ccccc32)c1. The standard InChI is InChI=1S/C24H21N3O2/c1-16-14-18-7-3-5-9-22(18)27(16)23(28)19-10-12-25-20(15-19)24(29)26-13-11-17-6-2-4-8-21(17)26/h2-10,12,15-16H,11,13-14H2,1H3. The molecule has 0 fully saturated rings. The number of amides is 2. The quantitative estimate of drug-likeness (QED) is 0.675. The van der Waals surface area contributed by atoms with Crippen LogP contribution in [-0.4, -0.2) is 29.4 Å². The molecular weight excluding hydrogens is 362 g/mol. The van der Waals surface area contributed by atoms with E-state index in [-0.39, 0.29) is 17.9 Å². The van der Waals surface area contributed by atoms with Crippen molar-refractivity contribution in [3.05, 3.63) is 89.2 Å². The molecule has 1 unspecified atom stereocenters. The van der Waals surface area contributed by atoms with Crippen molar-refractivity contribution in [2.75, 3.05) is 16.3 Å². The zero-order chi connectivity index (χ0) is 20.0. The number of carbonyl (C=O) groups excluding carboxylic acids is 2. The maximum atomic E-state index is 13.3. The van der Waals surface area contributed by atoms with Gasteiger partial charge in [-0.1, -0.05) is 36.4 Å². The number of para-hydroxylation sites is 2. The number of nitrogens with zero attached hydrogens (tertiary/aromatic N) is 3. The van der Waals surface area contributed by atoms with Gasteiger partial charge in [-0.2, -0.15) is 0 Å². The van der Waals surface area contributed by atoms with Gasteiger partial charge in [0.25, 0.3) is 11.8 Å². The van der Waals surface area contributed by atoms with E-state index in [2.05, 4.69) is 11.1 Å². The second kappa shape index (κ2) is 6.85. The Balaban J connectivity index is 1.45. The smallest absolute Gasteiger partial charge is 0.276 e. The van der Waals surface area contributed by atoms with Crippen LogP contribution in [0.4, 0.5) is 11.4 Å². The van der Waals surface area contributed by atoms with Crippen LogP contribution in [0.15, 0.2) is 66.9 Å². The molecule has 0 aliphatic carbocycles. The molecule has 0 bridgehead atoms. The fourth-order valence-electron chi connectivity index (χ4n) is 4.38. The van der Waals surface area contributed by atoms with Crippen molar-refractivity contribution in [2.24, 2.45) is 0 Å². The molecule has 3 heterocycles. The van der Waals surface area contributed by atoms with Crippen LogP contribution >= 0.6 is 0 Å². The first-order valence-electron chi connectivity index (χ1n) is 9.91. The minimum atomic E-state index is -0.167. The summed E-state index contributed by atoms with van der Waals surface area (Å²) in [6.45, 7) is 2.68. The van der Waals surface area contributed by atoms with E-state index in [1.54, 1.807) is 23.2 Å². The highest BCUT2D eigenvalue weighted by Gasteiger charge is 2.32. The molecule has 1 aromatic heterocycles. The Morgan fingerprint density at radius 2 is 1.66 bits per heavy atom. The third kappa shape index (κ3) is 2.90. The Morgan fingerprint density at radius 3 is 2.48 bits per heavy atom. The lowest BCUT2D eigenvalue weighted by atomic mass is 10.1. The van der Waals surface area contributed by atoms with Crippen molar-refractivity contribution in [3.63, 3.8) is 0 Å². The summed E-state index contributed by atoms with van der Waals surface area (Å²) in [4.78, 5) is 34.2. The van der Waals surface area contributed by atoms with Crippen LogP contribution < -0.4 is 9.80 Å². The Bertz CT molecular complexity index is 1120. The molecule has 29 heavy (non-hydrogen) atoms. The molecule has 1 atom stereocenters. The van der Waals surface area contributed by atoms with E-state index in [4.69, 9.17) is 0 Å². The van der Waals surface area contributed by atoms with Gasteiger partial charge in [0.15, 0.2) is 0 Å². The number of anilines is 2. The number of aromatic nitrogens is 1. The fourth-order valence-corrected chi connectivity index (χ4v) is 4.38. The highest BCUT2D eigenvalue weighted by atomic mass is 16.2. The van der Waals surface area contributed by atoms with Gasteiger partial charge < -0.3 is 9.80 Å². The highest BCUT2D eigenvalue weighted by Crippen LogP contribution is 2.33. The van der Waals surface area contributed by atoms with Crippen molar-refractivity contribution in [1.82, 2.24) is 4.98 Å². The summed E-state index contributed by atoms with van der Waals surface area (Å²) < 4.78 is 0. The summed E-state index contributed by atoms with van der Waals surface area (Å²) in [5.74, 6) is -0.264. The van der Waals surface area contributed by atoms with Crippen LogP contribution in [-0.2, 0) is 12.8 Å². The molecule has 5 rings (SSSR count). The molecule has 3 aromatic rings. The highest BCUT2D eigenvalue weighted by molar-refractivity contribution is 6.10. The molecule has 0 N–H and O–H groups in total. The Labute approximate surface area is 169 Å². The first kappa shape index (κ1) is 17.6. The maximum Gasteiger partial charge on any atom is 0.276 e. The number of pyridine rings is 1. The molecule has 2 aliphatic rings. The number of carbonyl (C=O) groups is 2. The van der Waals surface area contributed by atoms with Crippen molar-refractivity contribution in [1.29, 1.82) is 0 Å². The fraction of sp³-hybridized carbons (Fsp3) is 0.208. The van der Waals surface area contributed by atoms with Gasteiger partial charge in [0.05, 0.1) is 0 Å². The number of rotatable bonds is 2. The lowest BCUT2D eigenvalue weighted by Gasteiger charge is -2.23. The van der Waals surface area contributed by atoms with Crippen LogP contribution in [0.3, 0.4) is 0 Å². The Hall–Kier alpha value is -3.47. The molecule has 2 aromatic carbocycles. The predicted octanol–water partition coefficient (Wildman–Crippen LogP) is 3.88. The first-order chi connectivity index (χ1) is 14.1. The molecule has 0 saturated carbocycles. The van der Waals surface area contributed by atoms with Crippen molar-refractivity contribution in [3.8, 4) is 0 Å². The monoisotopic (exact) mass is 383 g/mol. The second-order valence-electron chi connectivity index (χ2n) is 7.62. The number of benzene rings is 2. The van der Waals surface area contributed by atoms with E-state index < -0.39 is 0 Å². The normalized spacial score (nSPS) is 17.2. The Morgan fingerprint density at radius 1 is 0.931 bits per heavy atom. The molecule has 0 radical (unpaired) electrons. The summed E-state index contributed by atoms with van der Waals surface area (Å²) in [5, 5.41) is 0. The molecule has 2 amide bonds. The van der Waals surface area contributed by atoms with Gasteiger partial charge in [-0.25, -0.2) is 0 Å². The number of hydrogen-bond acceptors (Lipinski definition) is 3. The molecule has 0 spiro atoms. The third-order valence-corrected chi connectivity index (χ3v) is 5.78. The lowest BCUT2D eigenvalue weighted by molar-refractivity contribution is 0.0981. The molecular formula is C24H21N3O2. The predicted molar refractivity (Wildman–Crippen MR) is 112 cm³/mol. The van der Waals surface area contributed by atoms with Gasteiger partial charge in [0.2, 0.25) is 0 Å². The van der Waals surface area contributed by atoms with E-state index in [0.717, 1.165) is 29.8 Å². The summed E-state index contributed by atoms with van der Waals surface area (Å²) in [7, 11) is 0. The van der Waals surface area contributed by atoms with Crippen molar-refractivity contribution in [2.45, 2.75) is 25.8 Å². The van der Waals surface area contributed by atoms with Crippen LogP contribution in [0.25, 0.3) is 0 Å². The van der Waals surface area contributed by atoms with Gasteiger partial charge >= 0.3 is 0 Å². The van der Waals surface area contributed by atoms with E-state index in [1.807, 2.05) is 54.3 Å². The van der Waals surface area contributed by atoms with E-state index >= 15 is 0 Å². The summed E-state index contributed by atoms with van der Waals surface area (Å²) in [6.07, 6.45) is 3.22. The van der Waals surface area contributed by atoms with Crippen LogP contribution in [0.2, 0.25) is 0 Å². The summed E-state index contributed by atoms with van der Waals surface area (Å²) in [6, 6.07) is 19.3. The number of fused-ring (bicyclic) bond motifs is 2. The average molecular weight is 383 g/mol. The molecule has 2 aliphatic heterocycles. The van der Waals surface area contributed by atoms with Gasteiger partial charge in [-0.3, -0.25) is 14.6 Å². The van der Waals surface area contributed by atoms with Gasteiger partial charge in [-0.15, -0.1) is 0 Å². The molecule has 144 valence electrons. The van der Waals surface area contributed by atoms with Crippen LogP contribution in [0, 0.1) is 0 Å². The second-order valence-corrected chi connectivity index (χ2v) is 7.62. The minimum Gasteiger partial charge on any atom is -0.306 e. The van der Waals surface area contributed by atoms with Gasteiger partial charge in [-0.05, 0) is 55.2 Å². The van der Waals surface area contributed by atoms with E-state index in [1.165, 1.54) is 5.56 Å². The molecule has 5 nitrogen and oxygen atoms in total. The summed E-state index contributed by atoms with van der Waals surface area (Å²) in [5.41, 5.74) is 5.00. The third-order valence-electron chi connectivity index (χ3n) is 5.78. The topological polar surface area (TPSA) is 53.5 Å². The lowest BCUT2D eigenvalue weighted by Crippen LogP contribution is -2.36. The number of hydrogen-bond donors (Lipinski definition) is 0. The molecule has 5 heteroatoms.